The standard InChI is InChI=1S/C53H67F7N10O8/c1-31-26-68(36-29-78-30-36)19-20-70(31)44-16-15-34(24-63-44)14-11-32-9-12-33(13-10-32)21-41(64-47(72)46(66-50(75)77-8)52(5,6)53(58,59)60)42(71)28-69(67-48(73)45(51(2,3)4)65-49(74)76-7)27-37-38(54)22-35(23-39(37)55)40(61)17-18-62-25-43(56)57/h9-10,12-13,15-18,22-24,31,36,41-43,45-46,71H,19-21,25-30,61H2,1-8H3,(H,64,72)(H,65,74)(H,66,75)(H,67,73)/t31-,41+,42+,45-,46?/m1/s1. The Morgan fingerprint density at radius 3 is 2.04 bits per heavy atom. The molecule has 3 heterocycles. The second-order valence-electron chi connectivity index (χ2n) is 20.5. The van der Waals surface area contributed by atoms with Crippen molar-refractivity contribution in [2.75, 3.05) is 65.1 Å². The monoisotopic (exact) mass is 1100 g/mol. The van der Waals surface area contributed by atoms with Crippen molar-refractivity contribution >= 4 is 41.7 Å². The minimum Gasteiger partial charge on any atom is -0.453 e. The van der Waals surface area contributed by atoms with Gasteiger partial charge in [-0.15, -0.1) is 0 Å². The fourth-order valence-corrected chi connectivity index (χ4v) is 8.36. The van der Waals surface area contributed by atoms with Gasteiger partial charge >= 0.3 is 18.4 Å². The van der Waals surface area contributed by atoms with Crippen molar-refractivity contribution in [2.24, 2.45) is 21.6 Å². The molecule has 2 fully saturated rings. The maximum absolute atomic E-state index is 16.0. The first kappa shape index (κ1) is 61.8. The predicted octanol–water partition coefficient (Wildman–Crippen LogP) is 5.31. The molecule has 426 valence electrons. The van der Waals surface area contributed by atoms with Crippen LogP contribution in [0.2, 0.25) is 0 Å². The van der Waals surface area contributed by atoms with Gasteiger partial charge in [-0.3, -0.25) is 24.9 Å². The number of nitrogens with two attached hydrogens (primary N) is 1. The second-order valence-corrected chi connectivity index (χ2v) is 20.5. The van der Waals surface area contributed by atoms with Crippen LogP contribution in [0, 0.1) is 34.3 Å². The van der Waals surface area contributed by atoms with E-state index < -0.39 is 108 Å². The first-order valence-electron chi connectivity index (χ1n) is 24.8. The molecule has 0 saturated carbocycles. The largest absolute Gasteiger partial charge is 0.453 e. The van der Waals surface area contributed by atoms with Crippen molar-refractivity contribution in [3.63, 3.8) is 0 Å². The maximum Gasteiger partial charge on any atom is 0.407 e. The molecule has 5 rings (SSSR count). The number of aromatic nitrogens is 1. The van der Waals surface area contributed by atoms with Crippen molar-refractivity contribution in [3.05, 3.63) is 100 Å². The number of hydrogen-bond acceptors (Lipinski definition) is 14. The number of aliphatic hydroxyl groups excluding tert-OH is 1. The third-order valence-electron chi connectivity index (χ3n) is 13.2. The van der Waals surface area contributed by atoms with E-state index in [2.05, 4.69) is 59.3 Å². The first-order chi connectivity index (χ1) is 36.6. The molecular weight excluding hydrogens is 1040 g/mol. The zero-order valence-corrected chi connectivity index (χ0v) is 44.5. The van der Waals surface area contributed by atoms with Crippen LogP contribution in [0.1, 0.15) is 69.4 Å². The molecular formula is C53H67F7N10O8. The highest BCUT2D eigenvalue weighted by Crippen LogP contribution is 2.41. The van der Waals surface area contributed by atoms with Crippen molar-refractivity contribution < 1.29 is 69.2 Å². The van der Waals surface area contributed by atoms with Crippen LogP contribution in [-0.4, -0.2) is 159 Å². The number of carbonyl (C=O) groups is 4. The molecule has 1 aromatic heterocycles. The topological polar surface area (TPSA) is 225 Å². The number of alkyl halides is 5. The normalized spacial score (nSPS) is 17.3. The quantitative estimate of drug-likeness (QED) is 0.0366. The van der Waals surface area contributed by atoms with E-state index in [-0.39, 0.29) is 23.7 Å². The number of nitrogens with one attached hydrogen (secondary N) is 4. The predicted molar refractivity (Wildman–Crippen MR) is 276 cm³/mol. The van der Waals surface area contributed by atoms with E-state index in [1.54, 1.807) is 51.2 Å². The number of rotatable bonds is 20. The highest BCUT2D eigenvalue weighted by atomic mass is 19.4. The number of allylic oxidation sites excluding steroid dienone is 1. The summed E-state index contributed by atoms with van der Waals surface area (Å²) in [4.78, 5) is 65.8. The molecule has 0 radical (unpaired) electrons. The molecule has 18 nitrogen and oxygen atoms in total. The van der Waals surface area contributed by atoms with Crippen LogP contribution in [-0.2, 0) is 36.8 Å². The molecule has 0 bridgehead atoms. The molecule has 0 aliphatic carbocycles. The van der Waals surface area contributed by atoms with Crippen LogP contribution in [0.5, 0.6) is 0 Å². The Labute approximate surface area is 448 Å². The van der Waals surface area contributed by atoms with Gasteiger partial charge in [0.05, 0.1) is 57.6 Å². The minimum absolute atomic E-state index is 0.222. The van der Waals surface area contributed by atoms with E-state index in [0.717, 1.165) is 82.3 Å². The van der Waals surface area contributed by atoms with Crippen LogP contribution < -0.4 is 32.0 Å². The van der Waals surface area contributed by atoms with Gasteiger partial charge in [-0.25, -0.2) is 37.1 Å². The molecule has 78 heavy (non-hydrogen) atoms. The molecule has 3 aromatic rings. The van der Waals surface area contributed by atoms with Crippen LogP contribution in [0.3, 0.4) is 0 Å². The highest BCUT2D eigenvalue weighted by Gasteiger charge is 2.56. The molecule has 1 unspecified atom stereocenters. The van der Waals surface area contributed by atoms with Gasteiger partial charge in [-0.1, -0.05) is 44.7 Å². The summed E-state index contributed by atoms with van der Waals surface area (Å²) in [5.74, 6) is 2.09. The molecule has 2 saturated heterocycles. The summed E-state index contributed by atoms with van der Waals surface area (Å²) < 4.78 is 115. The number of pyridine rings is 1. The van der Waals surface area contributed by atoms with E-state index in [4.69, 9.17) is 15.2 Å². The molecule has 2 aliphatic heterocycles. The summed E-state index contributed by atoms with van der Waals surface area (Å²) in [5.41, 5.74) is 4.78. The number of amides is 4. The summed E-state index contributed by atoms with van der Waals surface area (Å²) >= 11 is 0. The van der Waals surface area contributed by atoms with E-state index >= 15 is 8.78 Å². The van der Waals surface area contributed by atoms with Crippen molar-refractivity contribution in [2.45, 2.75) is 103 Å². The van der Waals surface area contributed by atoms with Crippen molar-refractivity contribution in [1.29, 1.82) is 0 Å². The van der Waals surface area contributed by atoms with Gasteiger partial charge in [-0.05, 0) is 80.6 Å². The summed E-state index contributed by atoms with van der Waals surface area (Å²) in [6.07, 6.45) is -8.85. The van der Waals surface area contributed by atoms with Gasteiger partial charge in [-0.2, -0.15) is 13.2 Å². The van der Waals surface area contributed by atoms with Crippen LogP contribution in [0.4, 0.5) is 46.1 Å². The Bertz CT molecular complexity index is 2650. The Morgan fingerprint density at radius 2 is 1.51 bits per heavy atom. The van der Waals surface area contributed by atoms with Gasteiger partial charge < -0.3 is 45.9 Å². The van der Waals surface area contributed by atoms with E-state index in [9.17, 15) is 46.2 Å². The van der Waals surface area contributed by atoms with Crippen LogP contribution in [0.25, 0.3) is 5.70 Å². The van der Waals surface area contributed by atoms with E-state index in [1.807, 2.05) is 17.4 Å². The zero-order valence-electron chi connectivity index (χ0n) is 44.5. The number of anilines is 1. The lowest BCUT2D eigenvalue weighted by Gasteiger charge is -2.46. The van der Waals surface area contributed by atoms with Gasteiger partial charge in [0, 0.05) is 79.1 Å². The summed E-state index contributed by atoms with van der Waals surface area (Å²) in [6.45, 7) is 9.76. The van der Waals surface area contributed by atoms with Crippen molar-refractivity contribution in [3.8, 4) is 11.8 Å². The van der Waals surface area contributed by atoms with Gasteiger partial charge in [0.25, 0.3) is 12.3 Å². The average Bonchev–Trinajstić information content (AvgIpc) is 3.35. The molecule has 5 atom stereocenters. The number of alkyl carbamates (subject to hydrolysis) is 2. The smallest absolute Gasteiger partial charge is 0.407 e. The lowest BCUT2D eigenvalue weighted by atomic mass is 9.82. The van der Waals surface area contributed by atoms with Gasteiger partial charge in [0.1, 0.15) is 29.5 Å². The van der Waals surface area contributed by atoms with E-state index in [1.165, 1.54) is 0 Å². The lowest BCUT2D eigenvalue weighted by molar-refractivity contribution is -0.220. The Balaban J connectivity index is 1.47. The average molecular weight is 1110 g/mol. The first-order valence-corrected chi connectivity index (χ1v) is 24.8. The SMILES string of the molecule is COC(=O)NC(C(=O)N[C@@H](Cc1ccc(C#Cc2ccc(N3CCN(C4COC4)C[C@H]3C)nc2)cc1)[C@@H](O)CN(Cc1c(F)cc(C(N)=CC=NCC(F)F)cc1F)NC(=O)[C@@H](NC(=O)OC)C(C)(C)C)C(C)(C)C(F)(F)F. The minimum atomic E-state index is -5.09. The summed E-state index contributed by atoms with van der Waals surface area (Å²) in [5, 5.41) is 19.7. The van der Waals surface area contributed by atoms with Gasteiger partial charge in [0.15, 0.2) is 0 Å². The number of hydrogen-bond donors (Lipinski definition) is 6. The highest BCUT2D eigenvalue weighted by molar-refractivity contribution is 5.87. The summed E-state index contributed by atoms with van der Waals surface area (Å²) in [6, 6.07) is 7.15. The molecule has 7 N–H and O–H groups in total. The molecule has 0 spiro atoms. The third-order valence-corrected chi connectivity index (χ3v) is 13.2. The fourth-order valence-electron chi connectivity index (χ4n) is 8.36. The maximum atomic E-state index is 16.0. The number of aliphatic imine (C=N–C) groups is 1. The molecule has 4 amide bonds. The number of ether oxygens (including phenoxy) is 3. The lowest BCUT2D eigenvalue weighted by Crippen LogP contribution is -2.63. The van der Waals surface area contributed by atoms with Gasteiger partial charge in [0.2, 0.25) is 5.91 Å². The molecule has 2 aliphatic rings. The number of hydrazine groups is 1. The number of nitrogens with zero attached hydrogens (tertiary/aromatic N) is 5. The number of carbonyl (C=O) groups excluding carboxylic acids is 4. The molecule has 25 heteroatoms. The van der Waals surface area contributed by atoms with Crippen LogP contribution >= 0.6 is 0 Å². The summed E-state index contributed by atoms with van der Waals surface area (Å²) in [7, 11) is 1.93. The number of methoxy groups -OCH3 is 2. The van der Waals surface area contributed by atoms with Crippen LogP contribution in [0.15, 0.2) is 65.8 Å². The molecule has 2 aromatic carbocycles. The van der Waals surface area contributed by atoms with Crippen molar-refractivity contribution in [1.82, 2.24) is 36.3 Å². The third kappa shape index (κ3) is 17.0. The Kier molecular flexibility index (Phi) is 21.4. The number of benzene rings is 2. The second kappa shape index (κ2) is 27.0. The van der Waals surface area contributed by atoms with E-state index in [0.29, 0.717) is 36.6 Å². The Hall–Kier alpha value is -7.01. The number of aliphatic hydroxyl groups is 1. The number of piperazine rings is 1. The Morgan fingerprint density at radius 1 is 0.910 bits per heavy atom. The number of halogens is 7. The fraction of sp³-hybridized carbons (Fsp3) is 0.509. The zero-order chi connectivity index (χ0) is 57.7.